The molecule has 3 rings (SSSR count). The van der Waals surface area contributed by atoms with Gasteiger partial charge in [-0.25, -0.2) is 9.59 Å². The number of nitrogens with zero attached hydrogens (tertiary/aromatic N) is 1. The number of amides is 1. The van der Waals surface area contributed by atoms with Crippen LogP contribution in [0.1, 0.15) is 61.3 Å². The molecule has 1 aliphatic rings. The Bertz CT molecular complexity index is 1030. The van der Waals surface area contributed by atoms with Crippen molar-refractivity contribution in [2.24, 2.45) is 5.92 Å². The van der Waals surface area contributed by atoms with Gasteiger partial charge in [0.1, 0.15) is 18.1 Å². The fraction of sp³-hybridized carbons (Fsp3) is 0.533. The average Bonchev–Trinajstić information content (AvgIpc) is 3.39. The number of benzene rings is 2. The molecule has 7 nitrogen and oxygen atoms in total. The number of carbonyl (C=O) groups excluding carboxylic acids is 1. The van der Waals surface area contributed by atoms with E-state index >= 15 is 0 Å². The summed E-state index contributed by atoms with van der Waals surface area (Å²) in [6.07, 6.45) is 5.06. The van der Waals surface area contributed by atoms with Crippen LogP contribution in [-0.2, 0) is 16.0 Å². The summed E-state index contributed by atoms with van der Waals surface area (Å²) in [4.78, 5) is 26.2. The van der Waals surface area contributed by atoms with Crippen molar-refractivity contribution in [2.75, 3.05) is 26.3 Å². The third-order valence-corrected chi connectivity index (χ3v) is 7.15. The molecule has 1 unspecified atom stereocenters. The zero-order valence-corrected chi connectivity index (χ0v) is 22.6. The van der Waals surface area contributed by atoms with Crippen LogP contribution in [0.4, 0.5) is 4.79 Å². The molecule has 1 fully saturated rings. The minimum atomic E-state index is -0.970. The topological polar surface area (TPSA) is 85.3 Å². The fourth-order valence-corrected chi connectivity index (χ4v) is 4.76. The van der Waals surface area contributed by atoms with Crippen molar-refractivity contribution >= 4 is 12.1 Å². The second-order valence-corrected chi connectivity index (χ2v) is 9.97. The summed E-state index contributed by atoms with van der Waals surface area (Å²) >= 11 is 0. The Morgan fingerprint density at radius 1 is 1.00 bits per heavy atom. The molecular formula is C30H41NO6. The van der Waals surface area contributed by atoms with Gasteiger partial charge in [0, 0.05) is 19.6 Å². The average molecular weight is 512 g/mol. The molecule has 1 aliphatic carbocycles. The number of hydrogen-bond donors (Lipinski definition) is 1. The molecule has 7 heteroatoms. The molecule has 0 spiro atoms. The minimum Gasteiger partial charge on any atom is -0.492 e. The third-order valence-electron chi connectivity index (χ3n) is 7.15. The zero-order chi connectivity index (χ0) is 26.8. The van der Waals surface area contributed by atoms with Crippen LogP contribution >= 0.6 is 0 Å². The van der Waals surface area contributed by atoms with Crippen LogP contribution in [0, 0.1) is 26.7 Å². The molecule has 2 aromatic carbocycles. The van der Waals surface area contributed by atoms with Gasteiger partial charge in [-0.15, -0.1) is 0 Å². The Labute approximate surface area is 220 Å². The monoisotopic (exact) mass is 511 g/mol. The predicted molar refractivity (Wildman–Crippen MR) is 144 cm³/mol. The smallest absolute Gasteiger partial charge is 0.415 e. The second-order valence-electron chi connectivity index (χ2n) is 9.97. The van der Waals surface area contributed by atoms with E-state index in [9.17, 15) is 14.7 Å². The number of carboxylic acid groups (broad SMARTS) is 1. The normalized spacial score (nSPS) is 14.4. The van der Waals surface area contributed by atoms with Gasteiger partial charge in [-0.3, -0.25) is 0 Å². The van der Waals surface area contributed by atoms with Crippen molar-refractivity contribution < 1.29 is 28.9 Å². The molecule has 0 bridgehead atoms. The number of rotatable bonds is 13. The molecule has 37 heavy (non-hydrogen) atoms. The summed E-state index contributed by atoms with van der Waals surface area (Å²) in [6.45, 7) is 9.55. The number of aliphatic carboxylic acids is 1. The van der Waals surface area contributed by atoms with Crippen molar-refractivity contribution in [3.05, 3.63) is 58.7 Å². The summed E-state index contributed by atoms with van der Waals surface area (Å²) in [5.41, 5.74) is 4.07. The molecule has 2 aromatic rings. The van der Waals surface area contributed by atoms with E-state index in [0.717, 1.165) is 23.1 Å². The van der Waals surface area contributed by atoms with Gasteiger partial charge >= 0.3 is 12.1 Å². The number of aryl methyl sites for hydroxylation is 3. The highest BCUT2D eigenvalue weighted by Gasteiger charge is 2.22. The van der Waals surface area contributed by atoms with E-state index in [-0.39, 0.29) is 6.09 Å². The molecule has 0 saturated heterocycles. The lowest BCUT2D eigenvalue weighted by Crippen LogP contribution is -2.38. The number of hydrogen-bond acceptors (Lipinski definition) is 5. The fourth-order valence-electron chi connectivity index (χ4n) is 4.76. The number of carbonyl (C=O) groups is 2. The van der Waals surface area contributed by atoms with Crippen LogP contribution in [0.3, 0.4) is 0 Å². The van der Waals surface area contributed by atoms with E-state index in [1.54, 1.807) is 11.8 Å². The quantitative estimate of drug-likeness (QED) is 0.350. The first-order valence-corrected chi connectivity index (χ1v) is 13.4. The zero-order valence-electron chi connectivity index (χ0n) is 22.6. The first-order valence-electron chi connectivity index (χ1n) is 13.4. The summed E-state index contributed by atoms with van der Waals surface area (Å²) < 4.78 is 17.0. The van der Waals surface area contributed by atoms with Crippen LogP contribution in [0.2, 0.25) is 0 Å². The maximum atomic E-state index is 13.2. The van der Waals surface area contributed by atoms with Crippen LogP contribution in [0.5, 0.6) is 11.5 Å². The highest BCUT2D eigenvalue weighted by molar-refractivity contribution is 5.73. The Morgan fingerprint density at radius 3 is 2.32 bits per heavy atom. The van der Waals surface area contributed by atoms with Gasteiger partial charge in [0.25, 0.3) is 0 Å². The lowest BCUT2D eigenvalue weighted by atomic mass is 10.0. The molecule has 0 aromatic heterocycles. The highest BCUT2D eigenvalue weighted by atomic mass is 16.6. The van der Waals surface area contributed by atoms with Gasteiger partial charge in [-0.05, 0) is 80.5 Å². The van der Waals surface area contributed by atoms with Gasteiger partial charge in [0.05, 0.1) is 6.54 Å². The van der Waals surface area contributed by atoms with Gasteiger partial charge in [0.2, 0.25) is 0 Å². The largest absolute Gasteiger partial charge is 0.492 e. The van der Waals surface area contributed by atoms with Crippen molar-refractivity contribution in [1.29, 1.82) is 0 Å². The molecule has 202 valence electrons. The van der Waals surface area contributed by atoms with E-state index in [1.165, 1.54) is 31.2 Å². The van der Waals surface area contributed by atoms with Crippen LogP contribution in [0.15, 0.2) is 36.4 Å². The van der Waals surface area contributed by atoms with Crippen LogP contribution in [-0.4, -0.2) is 54.5 Å². The van der Waals surface area contributed by atoms with E-state index in [2.05, 4.69) is 6.92 Å². The molecular weight excluding hydrogens is 470 g/mol. The molecule has 1 atom stereocenters. The number of carboxylic acids is 1. The standard InChI is InChI=1S/C30H41NO6/c1-5-35-28(29(32)33)20-25-10-12-26(13-11-25)36-17-16-31(15-14-24-8-6-7-9-24)30(34)37-27-19-22(3)21(2)18-23(27)4/h10-13,18-19,24,28H,5-9,14-17,20H2,1-4H3,(H,32,33). The molecule has 0 radical (unpaired) electrons. The maximum Gasteiger partial charge on any atom is 0.415 e. The second kappa shape index (κ2) is 14.0. The Hall–Kier alpha value is -3.06. The Kier molecular flexibility index (Phi) is 10.8. The Balaban J connectivity index is 1.58. The lowest BCUT2D eigenvalue weighted by molar-refractivity contribution is -0.149. The number of ether oxygens (including phenoxy) is 3. The highest BCUT2D eigenvalue weighted by Crippen LogP contribution is 2.28. The van der Waals surface area contributed by atoms with Crippen LogP contribution in [0.25, 0.3) is 0 Å². The van der Waals surface area contributed by atoms with Crippen molar-refractivity contribution in [3.8, 4) is 11.5 Å². The van der Waals surface area contributed by atoms with E-state index in [0.29, 0.717) is 50.1 Å². The molecule has 0 heterocycles. The summed E-state index contributed by atoms with van der Waals surface area (Å²) in [5, 5.41) is 9.29. The summed E-state index contributed by atoms with van der Waals surface area (Å²) in [5.74, 6) is 0.963. The molecule has 1 N–H and O–H groups in total. The summed E-state index contributed by atoms with van der Waals surface area (Å²) in [6, 6.07) is 11.3. The lowest BCUT2D eigenvalue weighted by Gasteiger charge is -2.24. The predicted octanol–water partition coefficient (Wildman–Crippen LogP) is 6.10. The van der Waals surface area contributed by atoms with Crippen molar-refractivity contribution in [1.82, 2.24) is 4.90 Å². The van der Waals surface area contributed by atoms with Crippen LogP contribution < -0.4 is 9.47 Å². The Morgan fingerprint density at radius 2 is 1.68 bits per heavy atom. The van der Waals surface area contributed by atoms with E-state index in [1.807, 2.05) is 50.2 Å². The molecule has 1 amide bonds. The van der Waals surface area contributed by atoms with E-state index < -0.39 is 12.1 Å². The maximum absolute atomic E-state index is 13.2. The van der Waals surface area contributed by atoms with Crippen molar-refractivity contribution in [3.63, 3.8) is 0 Å². The third kappa shape index (κ3) is 8.78. The van der Waals surface area contributed by atoms with Gasteiger partial charge < -0.3 is 24.2 Å². The first kappa shape index (κ1) is 28.5. The van der Waals surface area contributed by atoms with E-state index in [4.69, 9.17) is 14.2 Å². The van der Waals surface area contributed by atoms with Gasteiger partial charge in [-0.1, -0.05) is 43.9 Å². The minimum absolute atomic E-state index is 0.294. The first-order chi connectivity index (χ1) is 17.8. The molecule has 0 aliphatic heterocycles. The SMILES string of the molecule is CCOC(Cc1ccc(OCCN(CCC2CCCC2)C(=O)Oc2cc(C)c(C)cc2C)cc1)C(=O)O. The summed E-state index contributed by atoms with van der Waals surface area (Å²) in [7, 11) is 0. The van der Waals surface area contributed by atoms with Crippen molar-refractivity contribution in [2.45, 2.75) is 72.3 Å². The van der Waals surface area contributed by atoms with Gasteiger partial charge in [-0.2, -0.15) is 0 Å². The molecule has 1 saturated carbocycles. The van der Waals surface area contributed by atoms with Gasteiger partial charge in [0.15, 0.2) is 6.10 Å².